The zero-order valence-corrected chi connectivity index (χ0v) is 14.7. The van der Waals surface area contributed by atoms with Gasteiger partial charge in [-0.05, 0) is 31.9 Å². The van der Waals surface area contributed by atoms with Gasteiger partial charge in [-0.15, -0.1) is 11.3 Å². The first kappa shape index (κ1) is 16.6. The first-order valence-electron chi connectivity index (χ1n) is 7.88. The van der Waals surface area contributed by atoms with Crippen LogP contribution in [0, 0.1) is 0 Å². The van der Waals surface area contributed by atoms with E-state index < -0.39 is 0 Å². The van der Waals surface area contributed by atoms with Gasteiger partial charge in [-0.1, -0.05) is 6.92 Å². The highest BCUT2D eigenvalue weighted by molar-refractivity contribution is 8.00. The van der Waals surface area contributed by atoms with Crippen molar-refractivity contribution in [3.63, 3.8) is 0 Å². The third-order valence-electron chi connectivity index (χ3n) is 3.40. The van der Waals surface area contributed by atoms with Crippen molar-refractivity contribution in [2.45, 2.75) is 44.8 Å². The summed E-state index contributed by atoms with van der Waals surface area (Å²) in [6.45, 7) is 6.97. The molecule has 1 fully saturated rings. The van der Waals surface area contributed by atoms with Crippen LogP contribution in [0.1, 0.15) is 37.4 Å². The molecule has 2 N–H and O–H groups in total. The van der Waals surface area contributed by atoms with Crippen molar-refractivity contribution in [2.24, 2.45) is 4.99 Å². The summed E-state index contributed by atoms with van der Waals surface area (Å²) < 4.78 is 0. The van der Waals surface area contributed by atoms with Crippen molar-refractivity contribution in [1.29, 1.82) is 0 Å². The van der Waals surface area contributed by atoms with Crippen molar-refractivity contribution in [3.05, 3.63) is 16.1 Å². The lowest BCUT2D eigenvalue weighted by molar-refractivity contribution is 0.757. The predicted molar refractivity (Wildman–Crippen MR) is 94.7 cm³/mol. The molecule has 118 valence electrons. The van der Waals surface area contributed by atoms with Crippen LogP contribution in [0.5, 0.6) is 0 Å². The number of rotatable bonds is 7. The van der Waals surface area contributed by atoms with Gasteiger partial charge in [-0.3, -0.25) is 4.99 Å². The standard InChI is InChI=1S/C15H26N4S2/c1-3-14-19-12(11-21-14)7-8-17-15(16-4-2)18-10-13-6-5-9-20-13/h11,13H,3-10H2,1-2H3,(H2,16,17,18). The molecule has 0 aliphatic carbocycles. The van der Waals surface area contributed by atoms with Gasteiger partial charge in [0.25, 0.3) is 0 Å². The molecule has 0 amide bonds. The summed E-state index contributed by atoms with van der Waals surface area (Å²) in [7, 11) is 0. The van der Waals surface area contributed by atoms with E-state index in [9.17, 15) is 0 Å². The summed E-state index contributed by atoms with van der Waals surface area (Å²) in [5.41, 5.74) is 1.19. The smallest absolute Gasteiger partial charge is 0.191 e. The second-order valence-corrected chi connectivity index (χ2v) is 7.47. The summed E-state index contributed by atoms with van der Waals surface area (Å²) in [5, 5.41) is 10.8. The van der Waals surface area contributed by atoms with E-state index in [-0.39, 0.29) is 0 Å². The van der Waals surface area contributed by atoms with Gasteiger partial charge in [-0.2, -0.15) is 11.8 Å². The Hall–Kier alpha value is -0.750. The average Bonchev–Trinajstić information content (AvgIpc) is 3.16. The van der Waals surface area contributed by atoms with Gasteiger partial charge >= 0.3 is 0 Å². The molecule has 21 heavy (non-hydrogen) atoms. The molecule has 0 radical (unpaired) electrons. The Balaban J connectivity index is 1.74. The van der Waals surface area contributed by atoms with Crippen LogP contribution in [-0.4, -0.2) is 41.6 Å². The fourth-order valence-corrected chi connectivity index (χ4v) is 4.22. The zero-order valence-electron chi connectivity index (χ0n) is 13.0. The normalized spacial score (nSPS) is 19.0. The second kappa shape index (κ2) is 9.30. The van der Waals surface area contributed by atoms with E-state index in [0.717, 1.165) is 38.4 Å². The summed E-state index contributed by atoms with van der Waals surface area (Å²) in [6, 6.07) is 0. The van der Waals surface area contributed by atoms with Crippen LogP contribution in [0.15, 0.2) is 10.4 Å². The number of thiazole rings is 1. The molecule has 1 saturated heterocycles. The van der Waals surface area contributed by atoms with E-state index >= 15 is 0 Å². The minimum Gasteiger partial charge on any atom is -0.357 e. The number of thioether (sulfide) groups is 1. The van der Waals surface area contributed by atoms with E-state index in [2.05, 4.69) is 46.6 Å². The predicted octanol–water partition coefficient (Wildman–Crippen LogP) is 2.70. The summed E-state index contributed by atoms with van der Waals surface area (Å²) in [4.78, 5) is 9.30. The van der Waals surface area contributed by atoms with Crippen molar-refractivity contribution in [1.82, 2.24) is 15.6 Å². The van der Waals surface area contributed by atoms with Gasteiger partial charge < -0.3 is 10.6 Å². The van der Waals surface area contributed by atoms with Gasteiger partial charge in [-0.25, -0.2) is 4.98 Å². The van der Waals surface area contributed by atoms with Crippen LogP contribution in [0.25, 0.3) is 0 Å². The van der Waals surface area contributed by atoms with Crippen LogP contribution in [0.2, 0.25) is 0 Å². The average molecular weight is 327 g/mol. The van der Waals surface area contributed by atoms with Gasteiger partial charge in [0.1, 0.15) is 0 Å². The van der Waals surface area contributed by atoms with Crippen molar-refractivity contribution < 1.29 is 0 Å². The van der Waals surface area contributed by atoms with E-state index in [4.69, 9.17) is 4.99 Å². The molecule has 0 bridgehead atoms. The van der Waals surface area contributed by atoms with Gasteiger partial charge in [0, 0.05) is 30.1 Å². The van der Waals surface area contributed by atoms with Gasteiger partial charge in [0.05, 0.1) is 17.2 Å². The molecule has 1 aromatic rings. The summed E-state index contributed by atoms with van der Waals surface area (Å²) >= 11 is 3.82. The number of aryl methyl sites for hydroxylation is 1. The number of nitrogens with zero attached hydrogens (tertiary/aromatic N) is 2. The molecular formula is C15H26N4S2. The quantitative estimate of drug-likeness (QED) is 0.597. The highest BCUT2D eigenvalue weighted by Gasteiger charge is 2.14. The first-order chi connectivity index (χ1) is 10.3. The molecular weight excluding hydrogens is 300 g/mol. The highest BCUT2D eigenvalue weighted by atomic mass is 32.2. The number of guanidine groups is 1. The number of aromatic nitrogens is 1. The molecule has 1 atom stereocenters. The number of aliphatic imine (C=N–C) groups is 1. The van der Waals surface area contributed by atoms with E-state index in [1.165, 1.54) is 29.3 Å². The largest absolute Gasteiger partial charge is 0.357 e. The fraction of sp³-hybridized carbons (Fsp3) is 0.733. The third kappa shape index (κ3) is 5.87. The van der Waals surface area contributed by atoms with Gasteiger partial charge in [0.15, 0.2) is 5.96 Å². The van der Waals surface area contributed by atoms with E-state index in [0.29, 0.717) is 5.25 Å². The second-order valence-electron chi connectivity index (χ2n) is 5.12. The van der Waals surface area contributed by atoms with E-state index in [1.54, 1.807) is 11.3 Å². The van der Waals surface area contributed by atoms with Gasteiger partial charge in [0.2, 0.25) is 0 Å². The zero-order chi connectivity index (χ0) is 14.9. The molecule has 2 heterocycles. The van der Waals surface area contributed by atoms with E-state index in [1.807, 2.05) is 0 Å². The maximum atomic E-state index is 4.70. The Kier molecular flexibility index (Phi) is 7.36. The van der Waals surface area contributed by atoms with Crippen LogP contribution in [0.3, 0.4) is 0 Å². The molecule has 2 rings (SSSR count). The molecule has 0 aromatic carbocycles. The number of hydrogen-bond donors (Lipinski definition) is 2. The maximum Gasteiger partial charge on any atom is 0.191 e. The molecule has 4 nitrogen and oxygen atoms in total. The molecule has 1 aromatic heterocycles. The lowest BCUT2D eigenvalue weighted by atomic mass is 10.2. The van der Waals surface area contributed by atoms with Crippen molar-refractivity contribution in [3.8, 4) is 0 Å². The fourth-order valence-electron chi connectivity index (χ4n) is 2.26. The topological polar surface area (TPSA) is 49.3 Å². The maximum absolute atomic E-state index is 4.70. The lowest BCUT2D eigenvalue weighted by Crippen LogP contribution is -2.38. The Morgan fingerprint density at radius 1 is 1.43 bits per heavy atom. The minimum atomic E-state index is 0.714. The minimum absolute atomic E-state index is 0.714. The van der Waals surface area contributed by atoms with Crippen molar-refractivity contribution >= 4 is 29.1 Å². The molecule has 1 unspecified atom stereocenters. The molecule has 0 saturated carbocycles. The van der Waals surface area contributed by atoms with Crippen LogP contribution >= 0.6 is 23.1 Å². The number of hydrogen-bond acceptors (Lipinski definition) is 4. The molecule has 0 spiro atoms. The Morgan fingerprint density at radius 3 is 3.00 bits per heavy atom. The SMILES string of the molecule is CCNC(=NCC1CCCS1)NCCc1csc(CC)n1. The Labute approximate surface area is 136 Å². The monoisotopic (exact) mass is 326 g/mol. The first-order valence-corrected chi connectivity index (χ1v) is 9.81. The van der Waals surface area contributed by atoms with Crippen LogP contribution < -0.4 is 10.6 Å². The third-order valence-corrected chi connectivity index (χ3v) is 5.82. The summed E-state index contributed by atoms with van der Waals surface area (Å²) in [5.74, 6) is 2.24. The summed E-state index contributed by atoms with van der Waals surface area (Å²) in [6.07, 6.45) is 4.64. The Bertz CT molecular complexity index is 439. The Morgan fingerprint density at radius 2 is 2.33 bits per heavy atom. The van der Waals surface area contributed by atoms with Crippen LogP contribution in [0.4, 0.5) is 0 Å². The number of nitrogens with one attached hydrogen (secondary N) is 2. The molecule has 1 aliphatic rings. The molecule has 1 aliphatic heterocycles. The lowest BCUT2D eigenvalue weighted by Gasteiger charge is -2.12. The van der Waals surface area contributed by atoms with Crippen molar-refractivity contribution in [2.75, 3.05) is 25.4 Å². The molecule has 6 heteroatoms. The van der Waals surface area contributed by atoms with Crippen LogP contribution in [-0.2, 0) is 12.8 Å². The highest BCUT2D eigenvalue weighted by Crippen LogP contribution is 2.25.